The van der Waals surface area contributed by atoms with E-state index in [9.17, 15) is 14.7 Å². The predicted molar refractivity (Wildman–Crippen MR) is 123 cm³/mol. The molecule has 0 aromatic heterocycles. The fourth-order valence-corrected chi connectivity index (χ4v) is 5.16. The van der Waals surface area contributed by atoms with Gasteiger partial charge in [-0.25, -0.2) is 0 Å². The molecule has 2 N–H and O–H groups in total. The second-order valence-electron chi connectivity index (χ2n) is 8.89. The maximum atomic E-state index is 13.5. The zero-order valence-corrected chi connectivity index (χ0v) is 19.1. The number of aliphatic hydroxyl groups excluding tert-OH is 1. The molecule has 2 aliphatic rings. The topological polar surface area (TPSA) is 69.6 Å². The molecule has 7 heteroatoms. The number of benzene rings is 2. The number of carbonyl (C=O) groups is 2. The standard InChI is InChI=1S/C24H24Cl2N2O3/c1-13(30)28-22-14(12-29)5-4-6-18(22)27-19-10-24(2,3)11-20(31)21(19)23(28)16-8-7-15(25)9-17(16)26/h4-9,23,27,29H,10-12H2,1-3H3. The van der Waals surface area contributed by atoms with Gasteiger partial charge in [-0.3, -0.25) is 14.5 Å². The Bertz CT molecular complexity index is 1120. The number of carbonyl (C=O) groups excluding carboxylic acids is 2. The average molecular weight is 459 g/mol. The van der Waals surface area contributed by atoms with Crippen molar-refractivity contribution in [2.45, 2.75) is 46.3 Å². The lowest BCUT2D eigenvalue weighted by molar-refractivity contribution is -0.118. The van der Waals surface area contributed by atoms with Crippen molar-refractivity contribution >= 4 is 46.3 Å². The molecule has 31 heavy (non-hydrogen) atoms. The van der Waals surface area contributed by atoms with Gasteiger partial charge >= 0.3 is 0 Å². The van der Waals surface area contributed by atoms with Crippen LogP contribution in [-0.4, -0.2) is 16.8 Å². The van der Waals surface area contributed by atoms with Gasteiger partial charge in [-0.2, -0.15) is 0 Å². The molecule has 1 amide bonds. The number of Topliss-reactive ketones (excluding diaryl/α,β-unsaturated/α-hetero) is 1. The Morgan fingerprint density at radius 2 is 1.97 bits per heavy atom. The van der Waals surface area contributed by atoms with E-state index in [0.29, 0.717) is 51.0 Å². The lowest BCUT2D eigenvalue weighted by atomic mass is 9.73. The number of nitrogens with zero attached hydrogens (tertiary/aromatic N) is 1. The van der Waals surface area contributed by atoms with Crippen molar-refractivity contribution in [1.29, 1.82) is 0 Å². The van der Waals surface area contributed by atoms with Gasteiger partial charge in [-0.1, -0.05) is 55.2 Å². The molecule has 1 aliphatic heterocycles. The molecule has 0 spiro atoms. The first-order valence-electron chi connectivity index (χ1n) is 10.1. The molecule has 4 rings (SSSR count). The third kappa shape index (κ3) is 3.86. The number of aliphatic hydroxyl groups is 1. The third-order valence-electron chi connectivity index (χ3n) is 5.86. The van der Waals surface area contributed by atoms with E-state index in [1.807, 2.05) is 12.1 Å². The maximum Gasteiger partial charge on any atom is 0.224 e. The summed E-state index contributed by atoms with van der Waals surface area (Å²) >= 11 is 12.7. The minimum absolute atomic E-state index is 0.0284. The Hall–Kier alpha value is -2.34. The van der Waals surface area contributed by atoms with E-state index >= 15 is 0 Å². The average Bonchev–Trinajstić information content (AvgIpc) is 2.81. The third-order valence-corrected chi connectivity index (χ3v) is 6.43. The molecule has 2 aromatic carbocycles. The fraction of sp³-hybridized carbons (Fsp3) is 0.333. The molecule has 1 atom stereocenters. The molecule has 0 fully saturated rings. The number of halogens is 2. The Labute approximate surface area is 191 Å². The van der Waals surface area contributed by atoms with Crippen LogP contribution in [0.1, 0.15) is 50.8 Å². The van der Waals surface area contributed by atoms with Gasteiger partial charge in [0.2, 0.25) is 5.91 Å². The second kappa shape index (κ2) is 7.97. The predicted octanol–water partition coefficient (Wildman–Crippen LogP) is 5.65. The quantitative estimate of drug-likeness (QED) is 0.609. The molecule has 1 unspecified atom stereocenters. The SMILES string of the molecule is CC(=O)N1c2c(CO)cccc2NC2=C(C(=O)CC(C)(C)C2)C1c1ccc(Cl)cc1Cl. The van der Waals surface area contributed by atoms with Gasteiger partial charge in [-0.05, 0) is 35.6 Å². The summed E-state index contributed by atoms with van der Waals surface area (Å²) in [5.41, 5.74) is 3.50. The molecule has 0 radical (unpaired) electrons. The Balaban J connectivity index is 2.07. The number of anilines is 2. The van der Waals surface area contributed by atoms with Gasteiger partial charge in [-0.15, -0.1) is 0 Å². The summed E-state index contributed by atoms with van der Waals surface area (Å²) in [6, 6.07) is 9.79. The number of amides is 1. The second-order valence-corrected chi connectivity index (χ2v) is 9.73. The normalized spacial score (nSPS) is 20.0. The highest BCUT2D eigenvalue weighted by molar-refractivity contribution is 6.35. The summed E-state index contributed by atoms with van der Waals surface area (Å²) in [6.45, 7) is 5.32. The smallest absolute Gasteiger partial charge is 0.224 e. The minimum atomic E-state index is -0.734. The van der Waals surface area contributed by atoms with Crippen molar-refractivity contribution in [2.75, 3.05) is 10.2 Å². The Morgan fingerprint density at radius 1 is 1.23 bits per heavy atom. The van der Waals surface area contributed by atoms with Crippen LogP contribution in [0.4, 0.5) is 11.4 Å². The summed E-state index contributed by atoms with van der Waals surface area (Å²) in [6.07, 6.45) is 1.01. The molecule has 0 bridgehead atoms. The van der Waals surface area contributed by atoms with Crippen molar-refractivity contribution in [2.24, 2.45) is 5.41 Å². The number of ketones is 1. The number of fused-ring (bicyclic) bond motifs is 1. The molecule has 5 nitrogen and oxygen atoms in total. The Morgan fingerprint density at radius 3 is 2.61 bits per heavy atom. The number of allylic oxidation sites excluding steroid dienone is 1. The van der Waals surface area contributed by atoms with E-state index in [2.05, 4.69) is 19.2 Å². The summed E-state index contributed by atoms with van der Waals surface area (Å²) in [4.78, 5) is 28.1. The number of hydrogen-bond acceptors (Lipinski definition) is 4. The summed E-state index contributed by atoms with van der Waals surface area (Å²) in [5, 5.41) is 14.3. The zero-order valence-electron chi connectivity index (χ0n) is 17.6. The molecule has 162 valence electrons. The molecule has 1 heterocycles. The van der Waals surface area contributed by atoms with Crippen molar-refractivity contribution in [3.63, 3.8) is 0 Å². The van der Waals surface area contributed by atoms with E-state index in [1.165, 1.54) is 6.92 Å². The maximum absolute atomic E-state index is 13.5. The Kier molecular flexibility index (Phi) is 5.63. The summed E-state index contributed by atoms with van der Waals surface area (Å²) in [5.74, 6) is -0.286. The van der Waals surface area contributed by atoms with Crippen LogP contribution in [0.25, 0.3) is 0 Å². The highest BCUT2D eigenvalue weighted by atomic mass is 35.5. The van der Waals surface area contributed by atoms with Gasteiger partial charge in [0.15, 0.2) is 5.78 Å². The monoisotopic (exact) mass is 458 g/mol. The summed E-state index contributed by atoms with van der Waals surface area (Å²) in [7, 11) is 0. The first-order valence-corrected chi connectivity index (χ1v) is 10.9. The molecule has 2 aromatic rings. The molecule has 1 aliphatic carbocycles. The van der Waals surface area contributed by atoms with Gasteiger partial charge < -0.3 is 10.4 Å². The fourth-order valence-electron chi connectivity index (χ4n) is 4.65. The van der Waals surface area contributed by atoms with E-state index in [0.717, 1.165) is 5.70 Å². The number of nitrogens with one attached hydrogen (secondary N) is 1. The van der Waals surface area contributed by atoms with E-state index in [1.54, 1.807) is 29.2 Å². The van der Waals surface area contributed by atoms with Crippen molar-refractivity contribution in [3.05, 3.63) is 68.8 Å². The van der Waals surface area contributed by atoms with Gasteiger partial charge in [0, 0.05) is 40.2 Å². The first-order chi connectivity index (χ1) is 14.6. The number of para-hydroxylation sites is 1. The van der Waals surface area contributed by atoms with E-state index in [-0.39, 0.29) is 23.7 Å². The molecule has 0 saturated heterocycles. The number of rotatable bonds is 2. The van der Waals surface area contributed by atoms with Crippen LogP contribution in [0.15, 0.2) is 47.7 Å². The van der Waals surface area contributed by atoms with Crippen LogP contribution in [0, 0.1) is 5.41 Å². The molecular weight excluding hydrogens is 435 g/mol. The van der Waals surface area contributed by atoms with Crippen molar-refractivity contribution in [1.82, 2.24) is 0 Å². The minimum Gasteiger partial charge on any atom is -0.392 e. The molecular formula is C24H24Cl2N2O3. The van der Waals surface area contributed by atoms with Gasteiger partial charge in [0.1, 0.15) is 0 Å². The van der Waals surface area contributed by atoms with Crippen molar-refractivity contribution < 1.29 is 14.7 Å². The van der Waals surface area contributed by atoms with Crippen LogP contribution in [-0.2, 0) is 16.2 Å². The van der Waals surface area contributed by atoms with E-state index in [4.69, 9.17) is 23.2 Å². The van der Waals surface area contributed by atoms with Crippen molar-refractivity contribution in [3.8, 4) is 0 Å². The van der Waals surface area contributed by atoms with Crippen LogP contribution in [0.5, 0.6) is 0 Å². The van der Waals surface area contributed by atoms with Gasteiger partial charge in [0.25, 0.3) is 0 Å². The van der Waals surface area contributed by atoms with Gasteiger partial charge in [0.05, 0.1) is 24.0 Å². The van der Waals surface area contributed by atoms with Crippen LogP contribution in [0.2, 0.25) is 10.0 Å². The largest absolute Gasteiger partial charge is 0.392 e. The summed E-state index contributed by atoms with van der Waals surface area (Å²) < 4.78 is 0. The number of hydrogen-bond donors (Lipinski definition) is 2. The lowest BCUT2D eigenvalue weighted by Gasteiger charge is -2.37. The highest BCUT2D eigenvalue weighted by Crippen LogP contribution is 2.50. The van der Waals surface area contributed by atoms with Crippen LogP contribution < -0.4 is 10.2 Å². The van der Waals surface area contributed by atoms with Crippen LogP contribution in [0.3, 0.4) is 0 Å². The first kappa shape index (κ1) is 21.9. The lowest BCUT2D eigenvalue weighted by Crippen LogP contribution is -2.39. The van der Waals surface area contributed by atoms with E-state index < -0.39 is 6.04 Å². The van der Waals surface area contributed by atoms with Crippen LogP contribution >= 0.6 is 23.2 Å². The highest BCUT2D eigenvalue weighted by Gasteiger charge is 2.43. The molecule has 0 saturated carbocycles. The zero-order chi connectivity index (χ0) is 22.5.